The van der Waals surface area contributed by atoms with Crippen molar-refractivity contribution in [1.82, 2.24) is 10.3 Å². The molecule has 0 radical (unpaired) electrons. The van der Waals surface area contributed by atoms with E-state index in [1.54, 1.807) is 0 Å². The second kappa shape index (κ2) is 5.94. The van der Waals surface area contributed by atoms with Gasteiger partial charge in [0, 0.05) is 23.9 Å². The van der Waals surface area contributed by atoms with Crippen LogP contribution in [0.4, 0.5) is 0 Å². The maximum absolute atomic E-state index is 5.67. The SMILES string of the molecule is CCNC(C)c1sc(CC2CCCO2)nc1C. The van der Waals surface area contributed by atoms with Crippen LogP contribution in [0.1, 0.15) is 48.3 Å². The molecule has 1 aromatic rings. The molecule has 1 N–H and O–H groups in total. The topological polar surface area (TPSA) is 34.1 Å². The average molecular weight is 254 g/mol. The van der Waals surface area contributed by atoms with Gasteiger partial charge in [-0.05, 0) is 33.2 Å². The first kappa shape index (κ1) is 13.0. The van der Waals surface area contributed by atoms with E-state index in [0.29, 0.717) is 12.1 Å². The van der Waals surface area contributed by atoms with Crippen LogP contribution in [-0.2, 0) is 11.2 Å². The summed E-state index contributed by atoms with van der Waals surface area (Å²) >= 11 is 1.84. The first-order chi connectivity index (χ1) is 8.20. The molecule has 0 bridgehead atoms. The van der Waals surface area contributed by atoms with E-state index in [1.807, 2.05) is 11.3 Å². The van der Waals surface area contributed by atoms with E-state index < -0.39 is 0 Å². The van der Waals surface area contributed by atoms with Crippen LogP contribution in [0.5, 0.6) is 0 Å². The number of nitrogens with zero attached hydrogens (tertiary/aromatic N) is 1. The van der Waals surface area contributed by atoms with Gasteiger partial charge in [-0.25, -0.2) is 4.98 Å². The molecule has 2 heterocycles. The summed E-state index contributed by atoms with van der Waals surface area (Å²) in [7, 11) is 0. The second-order valence-electron chi connectivity index (χ2n) is 4.68. The zero-order chi connectivity index (χ0) is 12.3. The molecule has 0 saturated carbocycles. The van der Waals surface area contributed by atoms with Crippen LogP contribution in [0.25, 0.3) is 0 Å². The van der Waals surface area contributed by atoms with Gasteiger partial charge in [-0.15, -0.1) is 11.3 Å². The van der Waals surface area contributed by atoms with Crippen molar-refractivity contribution >= 4 is 11.3 Å². The average Bonchev–Trinajstić information content (AvgIpc) is 2.89. The summed E-state index contributed by atoms with van der Waals surface area (Å²) in [5.74, 6) is 0. The predicted molar refractivity (Wildman–Crippen MR) is 71.6 cm³/mol. The summed E-state index contributed by atoms with van der Waals surface area (Å²) in [4.78, 5) is 6.05. The van der Waals surface area contributed by atoms with Gasteiger partial charge in [0.1, 0.15) is 0 Å². The van der Waals surface area contributed by atoms with Crippen molar-refractivity contribution in [2.45, 2.75) is 52.2 Å². The third kappa shape index (κ3) is 3.27. The molecule has 2 unspecified atom stereocenters. The monoisotopic (exact) mass is 254 g/mol. The number of aromatic nitrogens is 1. The van der Waals surface area contributed by atoms with Gasteiger partial charge in [0.2, 0.25) is 0 Å². The Morgan fingerprint density at radius 1 is 1.59 bits per heavy atom. The van der Waals surface area contributed by atoms with Crippen LogP contribution >= 0.6 is 11.3 Å². The number of rotatable bonds is 5. The third-order valence-electron chi connectivity index (χ3n) is 3.21. The summed E-state index contributed by atoms with van der Waals surface area (Å²) in [5, 5.41) is 4.68. The summed E-state index contributed by atoms with van der Waals surface area (Å²) in [6.07, 6.45) is 3.79. The molecule has 1 aliphatic heterocycles. The fourth-order valence-electron chi connectivity index (χ4n) is 2.35. The van der Waals surface area contributed by atoms with Crippen LogP contribution in [0, 0.1) is 6.92 Å². The van der Waals surface area contributed by atoms with E-state index >= 15 is 0 Å². The standard InChI is InChI=1S/C13H22N2OS/c1-4-14-9(2)13-10(3)15-12(17-13)8-11-6-5-7-16-11/h9,11,14H,4-8H2,1-3H3. The van der Waals surface area contributed by atoms with Gasteiger partial charge in [-0.3, -0.25) is 0 Å². The number of ether oxygens (including phenoxy) is 1. The van der Waals surface area contributed by atoms with Gasteiger partial charge in [0.15, 0.2) is 0 Å². The predicted octanol–water partition coefficient (Wildman–Crippen LogP) is 2.84. The first-order valence-corrected chi connectivity index (χ1v) is 7.33. The van der Waals surface area contributed by atoms with Crippen LogP contribution in [0.2, 0.25) is 0 Å². The molecule has 0 aliphatic carbocycles. The molecule has 0 spiro atoms. The van der Waals surface area contributed by atoms with Crippen molar-refractivity contribution in [3.05, 3.63) is 15.6 Å². The lowest BCUT2D eigenvalue weighted by molar-refractivity contribution is 0.111. The highest BCUT2D eigenvalue weighted by molar-refractivity contribution is 7.11. The van der Waals surface area contributed by atoms with Crippen LogP contribution < -0.4 is 5.32 Å². The van der Waals surface area contributed by atoms with Crippen molar-refractivity contribution in [2.24, 2.45) is 0 Å². The molecule has 17 heavy (non-hydrogen) atoms. The molecule has 96 valence electrons. The summed E-state index contributed by atoms with van der Waals surface area (Å²) in [6, 6.07) is 0.413. The molecule has 1 saturated heterocycles. The molecule has 1 aliphatic rings. The normalized spacial score (nSPS) is 21.9. The van der Waals surface area contributed by atoms with Gasteiger partial charge in [0.25, 0.3) is 0 Å². The van der Waals surface area contributed by atoms with E-state index in [2.05, 4.69) is 31.1 Å². The highest BCUT2D eigenvalue weighted by atomic mass is 32.1. The van der Waals surface area contributed by atoms with Crippen molar-refractivity contribution in [2.75, 3.05) is 13.2 Å². The molecule has 1 aromatic heterocycles. The number of thiazole rings is 1. The van der Waals surface area contributed by atoms with Crippen molar-refractivity contribution in [3.63, 3.8) is 0 Å². The van der Waals surface area contributed by atoms with Crippen LogP contribution in [-0.4, -0.2) is 24.2 Å². The maximum Gasteiger partial charge on any atom is 0.0957 e. The smallest absolute Gasteiger partial charge is 0.0957 e. The van der Waals surface area contributed by atoms with E-state index in [4.69, 9.17) is 4.74 Å². The van der Waals surface area contributed by atoms with Gasteiger partial charge >= 0.3 is 0 Å². The zero-order valence-electron chi connectivity index (χ0n) is 11.0. The molecule has 3 nitrogen and oxygen atoms in total. The van der Waals surface area contributed by atoms with Crippen molar-refractivity contribution in [1.29, 1.82) is 0 Å². The van der Waals surface area contributed by atoms with Crippen LogP contribution in [0.3, 0.4) is 0 Å². The number of hydrogen-bond donors (Lipinski definition) is 1. The van der Waals surface area contributed by atoms with E-state index in [1.165, 1.54) is 28.4 Å². The second-order valence-corrected chi connectivity index (χ2v) is 5.79. The molecule has 1 fully saturated rings. The Balaban J connectivity index is 2.01. The summed E-state index contributed by atoms with van der Waals surface area (Å²) in [6.45, 7) is 8.38. The van der Waals surface area contributed by atoms with E-state index in [9.17, 15) is 0 Å². The minimum absolute atomic E-state index is 0.405. The summed E-state index contributed by atoms with van der Waals surface area (Å²) in [5.41, 5.74) is 1.18. The number of aryl methyl sites for hydroxylation is 1. The number of nitrogens with one attached hydrogen (secondary N) is 1. The lowest BCUT2D eigenvalue weighted by Crippen LogP contribution is -2.17. The summed E-state index contributed by atoms with van der Waals surface area (Å²) < 4.78 is 5.67. The van der Waals surface area contributed by atoms with E-state index in [0.717, 1.165) is 19.6 Å². The quantitative estimate of drug-likeness (QED) is 0.877. The molecular weight excluding hydrogens is 232 g/mol. The number of hydrogen-bond acceptors (Lipinski definition) is 4. The minimum Gasteiger partial charge on any atom is -0.378 e. The van der Waals surface area contributed by atoms with Crippen molar-refractivity contribution < 1.29 is 4.74 Å². The third-order valence-corrected chi connectivity index (χ3v) is 4.57. The fraction of sp³-hybridized carbons (Fsp3) is 0.769. The van der Waals surface area contributed by atoms with E-state index in [-0.39, 0.29) is 0 Å². The van der Waals surface area contributed by atoms with Gasteiger partial charge in [-0.2, -0.15) is 0 Å². The highest BCUT2D eigenvalue weighted by Gasteiger charge is 2.20. The van der Waals surface area contributed by atoms with Gasteiger partial charge in [-0.1, -0.05) is 6.92 Å². The zero-order valence-corrected chi connectivity index (χ0v) is 11.8. The molecule has 2 atom stereocenters. The Bertz CT molecular complexity index is 358. The molecule has 4 heteroatoms. The fourth-order valence-corrected chi connectivity index (χ4v) is 3.51. The Labute approximate surface area is 108 Å². The lowest BCUT2D eigenvalue weighted by Gasteiger charge is -2.10. The Morgan fingerprint density at radius 2 is 2.41 bits per heavy atom. The maximum atomic E-state index is 5.67. The molecule has 0 amide bonds. The lowest BCUT2D eigenvalue weighted by atomic mass is 10.2. The Kier molecular flexibility index (Phi) is 4.54. The van der Waals surface area contributed by atoms with Gasteiger partial charge < -0.3 is 10.1 Å². The molecular formula is C13H22N2OS. The van der Waals surface area contributed by atoms with Crippen LogP contribution in [0.15, 0.2) is 0 Å². The van der Waals surface area contributed by atoms with Gasteiger partial charge in [0.05, 0.1) is 16.8 Å². The molecule has 2 rings (SSSR count). The highest BCUT2D eigenvalue weighted by Crippen LogP contribution is 2.27. The Morgan fingerprint density at radius 3 is 3.06 bits per heavy atom. The first-order valence-electron chi connectivity index (χ1n) is 6.52. The minimum atomic E-state index is 0.405. The molecule has 0 aromatic carbocycles. The Hall–Kier alpha value is -0.450. The van der Waals surface area contributed by atoms with Crippen molar-refractivity contribution in [3.8, 4) is 0 Å². The largest absolute Gasteiger partial charge is 0.378 e.